The van der Waals surface area contributed by atoms with Gasteiger partial charge in [-0.3, -0.25) is 14.8 Å². The van der Waals surface area contributed by atoms with Gasteiger partial charge in [-0.25, -0.2) is 13.8 Å². The minimum absolute atomic E-state index is 0.128. The highest BCUT2D eigenvalue weighted by atomic mass is 32.1. The Morgan fingerprint density at radius 1 is 1.32 bits per heavy atom. The van der Waals surface area contributed by atoms with Crippen molar-refractivity contribution < 1.29 is 13.7 Å². The number of halogens is 2. The fourth-order valence-corrected chi connectivity index (χ4v) is 2.69. The van der Waals surface area contributed by atoms with E-state index in [0.29, 0.717) is 5.01 Å². The number of aromatic nitrogens is 3. The van der Waals surface area contributed by atoms with Gasteiger partial charge in [0.2, 0.25) is 0 Å². The molecule has 6 nitrogen and oxygen atoms in total. The predicted molar refractivity (Wildman–Crippen MR) is 75.4 cm³/mol. The average molecular weight is 322 g/mol. The summed E-state index contributed by atoms with van der Waals surface area (Å²) < 4.78 is 28.7. The van der Waals surface area contributed by atoms with E-state index in [9.17, 15) is 18.9 Å². The first-order valence-corrected chi connectivity index (χ1v) is 6.98. The SMILES string of the molecule is O=[N+]([O-])c1cnn(Cc2nc(-c3c(F)cccc3F)cs2)c1. The summed E-state index contributed by atoms with van der Waals surface area (Å²) in [4.78, 5) is 14.2. The summed E-state index contributed by atoms with van der Waals surface area (Å²) in [5.41, 5.74) is -0.120. The molecule has 0 amide bonds. The molecule has 0 radical (unpaired) electrons. The van der Waals surface area contributed by atoms with Gasteiger partial charge in [-0.05, 0) is 12.1 Å². The maximum Gasteiger partial charge on any atom is 0.307 e. The molecule has 112 valence electrons. The number of thiazole rings is 1. The Bertz CT molecular complexity index is 826. The van der Waals surface area contributed by atoms with Crippen molar-refractivity contribution in [1.82, 2.24) is 14.8 Å². The van der Waals surface area contributed by atoms with Crippen molar-refractivity contribution in [3.8, 4) is 11.3 Å². The fraction of sp³-hybridized carbons (Fsp3) is 0.0769. The molecule has 0 fully saturated rings. The van der Waals surface area contributed by atoms with Crippen molar-refractivity contribution in [2.75, 3.05) is 0 Å². The number of benzene rings is 1. The standard InChI is InChI=1S/C13H8F2N4O2S/c14-9-2-1-3-10(15)13(9)11-7-22-12(17-11)6-18-5-8(4-16-18)19(20)21/h1-5,7H,6H2. The van der Waals surface area contributed by atoms with E-state index >= 15 is 0 Å². The zero-order valence-electron chi connectivity index (χ0n) is 10.9. The summed E-state index contributed by atoms with van der Waals surface area (Å²) in [6.07, 6.45) is 2.40. The monoisotopic (exact) mass is 322 g/mol. The van der Waals surface area contributed by atoms with Crippen molar-refractivity contribution in [2.45, 2.75) is 6.54 Å². The van der Waals surface area contributed by atoms with E-state index in [0.717, 1.165) is 18.3 Å². The van der Waals surface area contributed by atoms with Crippen molar-refractivity contribution in [2.24, 2.45) is 0 Å². The zero-order valence-corrected chi connectivity index (χ0v) is 11.8. The molecular formula is C13H8F2N4O2S. The molecule has 0 saturated carbocycles. The van der Waals surface area contributed by atoms with Gasteiger partial charge in [0.15, 0.2) is 0 Å². The Morgan fingerprint density at radius 2 is 2.05 bits per heavy atom. The van der Waals surface area contributed by atoms with Gasteiger partial charge in [-0.1, -0.05) is 6.07 Å². The van der Waals surface area contributed by atoms with Gasteiger partial charge < -0.3 is 0 Å². The van der Waals surface area contributed by atoms with Crippen LogP contribution in [0.25, 0.3) is 11.3 Å². The number of hydrogen-bond donors (Lipinski definition) is 0. The lowest BCUT2D eigenvalue weighted by Crippen LogP contribution is -1.99. The van der Waals surface area contributed by atoms with Gasteiger partial charge >= 0.3 is 5.69 Å². The molecule has 0 unspecified atom stereocenters. The number of nitro groups is 1. The second kappa shape index (κ2) is 5.60. The van der Waals surface area contributed by atoms with E-state index in [2.05, 4.69) is 10.1 Å². The van der Waals surface area contributed by atoms with Crippen LogP contribution in [0.5, 0.6) is 0 Å². The lowest BCUT2D eigenvalue weighted by Gasteiger charge is -2.00. The van der Waals surface area contributed by atoms with Gasteiger partial charge in [0, 0.05) is 5.38 Å². The molecule has 1 aromatic carbocycles. The van der Waals surface area contributed by atoms with Crippen LogP contribution >= 0.6 is 11.3 Å². The molecule has 0 atom stereocenters. The summed E-state index contributed by atoms with van der Waals surface area (Å²) in [5.74, 6) is -1.38. The van der Waals surface area contributed by atoms with Gasteiger partial charge in [0.25, 0.3) is 0 Å². The Kier molecular flexibility index (Phi) is 3.63. The van der Waals surface area contributed by atoms with Crippen LogP contribution in [0.15, 0.2) is 36.0 Å². The Morgan fingerprint density at radius 3 is 2.68 bits per heavy atom. The summed E-state index contributed by atoms with van der Waals surface area (Å²) >= 11 is 1.20. The van der Waals surface area contributed by atoms with E-state index in [1.165, 1.54) is 33.7 Å². The summed E-state index contributed by atoms with van der Waals surface area (Å²) in [5, 5.41) is 16.5. The van der Waals surface area contributed by atoms with Gasteiger partial charge in [-0.2, -0.15) is 5.10 Å². The molecule has 22 heavy (non-hydrogen) atoms. The molecule has 0 aliphatic carbocycles. The van der Waals surface area contributed by atoms with Gasteiger partial charge in [0.1, 0.15) is 29.0 Å². The van der Waals surface area contributed by atoms with Crippen molar-refractivity contribution in [3.05, 3.63) is 62.7 Å². The molecule has 3 aromatic rings. The fourth-order valence-electron chi connectivity index (χ4n) is 1.91. The molecule has 0 N–H and O–H groups in total. The molecule has 0 aliphatic rings. The van der Waals surface area contributed by atoms with E-state index in [1.54, 1.807) is 0 Å². The average Bonchev–Trinajstić information content (AvgIpc) is 3.09. The third-order valence-electron chi connectivity index (χ3n) is 2.90. The first kappa shape index (κ1) is 14.3. The maximum atomic E-state index is 13.7. The normalized spacial score (nSPS) is 10.8. The topological polar surface area (TPSA) is 73.8 Å². The smallest absolute Gasteiger partial charge is 0.259 e. The Labute approximate surface area is 126 Å². The van der Waals surface area contributed by atoms with Crippen molar-refractivity contribution in [1.29, 1.82) is 0 Å². The van der Waals surface area contributed by atoms with E-state index in [-0.39, 0.29) is 23.5 Å². The lowest BCUT2D eigenvalue weighted by atomic mass is 10.1. The van der Waals surface area contributed by atoms with E-state index in [1.807, 2.05) is 0 Å². The van der Waals surface area contributed by atoms with Crippen LogP contribution in [-0.4, -0.2) is 19.7 Å². The molecule has 9 heteroatoms. The number of rotatable bonds is 4. The van der Waals surface area contributed by atoms with Crippen molar-refractivity contribution >= 4 is 17.0 Å². The molecule has 3 rings (SSSR count). The minimum Gasteiger partial charge on any atom is -0.259 e. The highest BCUT2D eigenvalue weighted by molar-refractivity contribution is 7.09. The van der Waals surface area contributed by atoms with Crippen LogP contribution in [0.2, 0.25) is 0 Å². The lowest BCUT2D eigenvalue weighted by molar-refractivity contribution is -0.385. The minimum atomic E-state index is -0.688. The van der Waals surface area contributed by atoms with E-state index in [4.69, 9.17) is 0 Å². The molecule has 2 heterocycles. The molecule has 0 spiro atoms. The number of nitrogens with zero attached hydrogens (tertiary/aromatic N) is 4. The summed E-state index contributed by atoms with van der Waals surface area (Å²) in [6.45, 7) is 0.189. The van der Waals surface area contributed by atoms with Crippen LogP contribution in [0.4, 0.5) is 14.5 Å². The van der Waals surface area contributed by atoms with Gasteiger partial charge in [0.05, 0.1) is 22.7 Å². The summed E-state index contributed by atoms with van der Waals surface area (Å²) in [7, 11) is 0. The molecular weight excluding hydrogens is 314 g/mol. The van der Waals surface area contributed by atoms with Crippen LogP contribution in [0, 0.1) is 21.7 Å². The molecule has 0 bridgehead atoms. The van der Waals surface area contributed by atoms with Crippen LogP contribution in [0.3, 0.4) is 0 Å². The Hall–Kier alpha value is -2.68. The molecule has 0 saturated heterocycles. The second-order valence-electron chi connectivity index (χ2n) is 4.38. The maximum absolute atomic E-state index is 13.7. The number of hydrogen-bond acceptors (Lipinski definition) is 5. The Balaban J connectivity index is 1.86. The molecule has 2 aromatic heterocycles. The van der Waals surface area contributed by atoms with Crippen LogP contribution in [0.1, 0.15) is 5.01 Å². The summed E-state index contributed by atoms with van der Waals surface area (Å²) in [6, 6.07) is 3.60. The van der Waals surface area contributed by atoms with Crippen LogP contribution in [-0.2, 0) is 6.54 Å². The second-order valence-corrected chi connectivity index (χ2v) is 5.32. The highest BCUT2D eigenvalue weighted by Gasteiger charge is 2.15. The largest absolute Gasteiger partial charge is 0.307 e. The first-order chi connectivity index (χ1) is 10.5. The van der Waals surface area contributed by atoms with E-state index < -0.39 is 16.6 Å². The predicted octanol–water partition coefficient (Wildman–Crippen LogP) is 3.24. The first-order valence-electron chi connectivity index (χ1n) is 6.10. The molecule has 0 aliphatic heterocycles. The zero-order chi connectivity index (χ0) is 15.7. The van der Waals surface area contributed by atoms with Gasteiger partial charge in [-0.15, -0.1) is 11.3 Å². The van der Waals surface area contributed by atoms with Crippen molar-refractivity contribution in [3.63, 3.8) is 0 Å². The quantitative estimate of drug-likeness (QED) is 0.546. The van der Waals surface area contributed by atoms with Crippen LogP contribution < -0.4 is 0 Å². The third kappa shape index (κ3) is 2.70. The highest BCUT2D eigenvalue weighted by Crippen LogP contribution is 2.27. The third-order valence-corrected chi connectivity index (χ3v) is 3.73.